The first-order chi connectivity index (χ1) is 12.4. The Bertz CT molecular complexity index is 858. The molecule has 2 rings (SSSR count). The molecule has 0 saturated heterocycles. The zero-order valence-corrected chi connectivity index (χ0v) is 16.0. The molecule has 0 N–H and O–H groups in total. The first-order valence-corrected chi connectivity index (χ1v) is 8.48. The third kappa shape index (κ3) is 5.23. The van der Waals surface area contributed by atoms with Crippen molar-refractivity contribution in [3.63, 3.8) is 0 Å². The van der Waals surface area contributed by atoms with Crippen LogP contribution in [0.5, 0.6) is 11.5 Å². The van der Waals surface area contributed by atoms with Crippen LogP contribution in [0.3, 0.4) is 0 Å². The van der Waals surface area contributed by atoms with Crippen LogP contribution >= 0.6 is 0 Å². The number of allylic oxidation sites excluding steroid dienone is 2. The van der Waals surface area contributed by atoms with Gasteiger partial charge in [-0.25, -0.2) is 4.79 Å². The van der Waals surface area contributed by atoms with Crippen LogP contribution in [0.1, 0.15) is 27.2 Å². The molecular weight excluding hydrogens is 332 g/mol. The molecule has 140 valence electrons. The summed E-state index contributed by atoms with van der Waals surface area (Å²) in [6.07, 6.45) is 6.95. The minimum absolute atomic E-state index is 0.265. The lowest BCUT2D eigenvalue weighted by Crippen LogP contribution is -2.18. The molecule has 0 aliphatic heterocycles. The summed E-state index contributed by atoms with van der Waals surface area (Å²) in [7, 11) is 3.22. The Balaban J connectivity index is 2.06. The zero-order valence-electron chi connectivity index (χ0n) is 16.0. The quantitative estimate of drug-likeness (QED) is 0.514. The summed E-state index contributed by atoms with van der Waals surface area (Å²) in [5.41, 5.74) is 0.885. The Morgan fingerprint density at radius 3 is 2.62 bits per heavy atom. The van der Waals surface area contributed by atoms with E-state index in [1.165, 1.54) is 18.7 Å². The number of methoxy groups -OCH3 is 2. The molecule has 5 nitrogen and oxygen atoms in total. The van der Waals surface area contributed by atoms with Crippen molar-refractivity contribution in [3.8, 4) is 11.5 Å². The van der Waals surface area contributed by atoms with E-state index in [2.05, 4.69) is 6.08 Å². The lowest BCUT2D eigenvalue weighted by Gasteiger charge is -2.17. The summed E-state index contributed by atoms with van der Waals surface area (Å²) in [6, 6.07) is 6.73. The largest absolute Gasteiger partial charge is 0.490 e. The van der Waals surface area contributed by atoms with Gasteiger partial charge in [0, 0.05) is 18.6 Å². The SMILES string of the molecule is COc1c(OCC=C(C)CC=CC(C)(C)OC)ccc2ccc(=O)oc12. The normalized spacial score (nSPS) is 12.7. The Morgan fingerprint density at radius 2 is 1.92 bits per heavy atom. The summed E-state index contributed by atoms with van der Waals surface area (Å²) in [6.45, 7) is 6.46. The molecule has 0 saturated carbocycles. The second-order valence-corrected chi connectivity index (χ2v) is 6.55. The highest BCUT2D eigenvalue weighted by molar-refractivity contribution is 5.85. The zero-order chi connectivity index (χ0) is 19.2. The Hall–Kier alpha value is -2.53. The van der Waals surface area contributed by atoms with Gasteiger partial charge in [0.2, 0.25) is 5.75 Å². The molecule has 2 aromatic rings. The average Bonchev–Trinajstić information content (AvgIpc) is 2.61. The van der Waals surface area contributed by atoms with Gasteiger partial charge in [-0.2, -0.15) is 0 Å². The highest BCUT2D eigenvalue weighted by Crippen LogP contribution is 2.34. The number of hydrogen-bond donors (Lipinski definition) is 0. The van der Waals surface area contributed by atoms with Gasteiger partial charge < -0.3 is 18.6 Å². The average molecular weight is 358 g/mol. The summed E-state index contributed by atoms with van der Waals surface area (Å²) in [5.74, 6) is 0.961. The van der Waals surface area contributed by atoms with Crippen LogP contribution in [-0.4, -0.2) is 26.4 Å². The molecule has 0 spiro atoms. The van der Waals surface area contributed by atoms with Crippen LogP contribution < -0.4 is 15.1 Å². The van der Waals surface area contributed by atoms with E-state index in [-0.39, 0.29) is 5.60 Å². The van der Waals surface area contributed by atoms with Crippen molar-refractivity contribution in [1.29, 1.82) is 0 Å². The van der Waals surface area contributed by atoms with Gasteiger partial charge in [-0.1, -0.05) is 17.7 Å². The van der Waals surface area contributed by atoms with Gasteiger partial charge in [-0.3, -0.25) is 0 Å². The van der Waals surface area contributed by atoms with Gasteiger partial charge >= 0.3 is 5.63 Å². The molecular formula is C21H26O5. The third-order valence-corrected chi connectivity index (χ3v) is 4.07. The van der Waals surface area contributed by atoms with Crippen molar-refractivity contribution in [3.05, 3.63) is 58.5 Å². The van der Waals surface area contributed by atoms with Gasteiger partial charge in [-0.05, 0) is 51.5 Å². The van der Waals surface area contributed by atoms with Crippen LogP contribution in [0.15, 0.2) is 57.3 Å². The van der Waals surface area contributed by atoms with Crippen molar-refractivity contribution in [2.75, 3.05) is 20.8 Å². The topological polar surface area (TPSA) is 57.9 Å². The molecule has 5 heteroatoms. The van der Waals surface area contributed by atoms with Gasteiger partial charge in [0.25, 0.3) is 0 Å². The lowest BCUT2D eigenvalue weighted by molar-refractivity contribution is 0.0654. The van der Waals surface area contributed by atoms with E-state index in [4.69, 9.17) is 18.6 Å². The highest BCUT2D eigenvalue weighted by atomic mass is 16.5. The van der Waals surface area contributed by atoms with Crippen molar-refractivity contribution in [1.82, 2.24) is 0 Å². The van der Waals surface area contributed by atoms with E-state index in [0.717, 1.165) is 11.8 Å². The third-order valence-electron chi connectivity index (χ3n) is 4.07. The first-order valence-electron chi connectivity index (χ1n) is 8.48. The van der Waals surface area contributed by atoms with Gasteiger partial charge in [0.1, 0.15) is 6.61 Å². The van der Waals surface area contributed by atoms with E-state index >= 15 is 0 Å². The van der Waals surface area contributed by atoms with E-state index < -0.39 is 5.63 Å². The molecule has 0 atom stereocenters. The Morgan fingerprint density at radius 1 is 1.19 bits per heavy atom. The van der Waals surface area contributed by atoms with Crippen LogP contribution in [0.4, 0.5) is 0 Å². The Labute approximate surface area is 153 Å². The molecule has 0 amide bonds. The first kappa shape index (κ1) is 19.8. The molecule has 0 aliphatic carbocycles. The molecule has 1 aromatic heterocycles. The summed E-state index contributed by atoms with van der Waals surface area (Å²) in [5, 5.41) is 0.784. The minimum atomic E-state index is -0.422. The Kier molecular flexibility index (Phi) is 6.64. The van der Waals surface area contributed by atoms with Crippen molar-refractivity contribution >= 4 is 11.0 Å². The van der Waals surface area contributed by atoms with E-state index in [1.54, 1.807) is 13.2 Å². The smallest absolute Gasteiger partial charge is 0.336 e. The van der Waals surface area contributed by atoms with Crippen LogP contribution in [-0.2, 0) is 4.74 Å². The molecule has 0 unspecified atom stereocenters. The van der Waals surface area contributed by atoms with E-state index in [1.807, 2.05) is 45.1 Å². The maximum absolute atomic E-state index is 11.5. The molecule has 26 heavy (non-hydrogen) atoms. The van der Waals surface area contributed by atoms with Crippen molar-refractivity contribution < 1.29 is 18.6 Å². The second-order valence-electron chi connectivity index (χ2n) is 6.55. The minimum Gasteiger partial charge on any atom is -0.490 e. The van der Waals surface area contributed by atoms with Gasteiger partial charge in [0.15, 0.2) is 11.3 Å². The number of benzene rings is 1. The maximum Gasteiger partial charge on any atom is 0.336 e. The number of hydrogen-bond acceptors (Lipinski definition) is 5. The second kappa shape index (κ2) is 8.72. The van der Waals surface area contributed by atoms with Crippen molar-refractivity contribution in [2.24, 2.45) is 0 Å². The fraction of sp³-hybridized carbons (Fsp3) is 0.381. The number of fused-ring (bicyclic) bond motifs is 1. The van der Waals surface area contributed by atoms with Crippen LogP contribution in [0.25, 0.3) is 11.0 Å². The predicted octanol–water partition coefficient (Wildman–Crippen LogP) is 4.50. The fourth-order valence-corrected chi connectivity index (χ4v) is 2.35. The molecule has 1 heterocycles. The summed E-state index contributed by atoms with van der Waals surface area (Å²) < 4.78 is 21.8. The molecule has 0 fully saturated rings. The lowest BCUT2D eigenvalue weighted by atomic mass is 10.1. The van der Waals surface area contributed by atoms with E-state index in [0.29, 0.717) is 23.7 Å². The van der Waals surface area contributed by atoms with Crippen LogP contribution in [0, 0.1) is 0 Å². The number of rotatable bonds is 8. The molecule has 0 radical (unpaired) electrons. The summed E-state index contributed by atoms with van der Waals surface area (Å²) >= 11 is 0. The standard InChI is InChI=1S/C21H26O5/c1-15(7-6-13-21(2,3)24-5)12-14-25-17-10-8-16-9-11-18(22)26-19(16)20(17)23-4/h6,8-13H,7,14H2,1-5H3. The van der Waals surface area contributed by atoms with Crippen LogP contribution in [0.2, 0.25) is 0 Å². The van der Waals surface area contributed by atoms with Gasteiger partial charge in [-0.15, -0.1) is 0 Å². The molecule has 0 bridgehead atoms. The predicted molar refractivity (Wildman–Crippen MR) is 103 cm³/mol. The van der Waals surface area contributed by atoms with Gasteiger partial charge in [0.05, 0.1) is 12.7 Å². The highest BCUT2D eigenvalue weighted by Gasteiger charge is 2.12. The fourth-order valence-electron chi connectivity index (χ4n) is 2.35. The molecule has 0 aliphatic rings. The molecule has 1 aromatic carbocycles. The van der Waals surface area contributed by atoms with Crippen molar-refractivity contribution in [2.45, 2.75) is 32.8 Å². The maximum atomic E-state index is 11.5. The van der Waals surface area contributed by atoms with E-state index in [9.17, 15) is 4.79 Å². The number of ether oxygens (including phenoxy) is 3. The summed E-state index contributed by atoms with van der Waals surface area (Å²) in [4.78, 5) is 11.5. The monoisotopic (exact) mass is 358 g/mol.